The number of carbonyl (C=O) groups is 2. The number of imide groups is 1. The lowest BCUT2D eigenvalue weighted by Crippen LogP contribution is -2.36. The van der Waals surface area contributed by atoms with Gasteiger partial charge in [-0.3, -0.25) is 9.59 Å². The molecule has 5 rings (SSSR count). The lowest BCUT2D eigenvalue weighted by atomic mass is 9.92. The van der Waals surface area contributed by atoms with E-state index in [-0.39, 0.29) is 0 Å². The number of carbonyl (C=O) groups excluding carboxylic acids is 2. The monoisotopic (exact) mass is 478 g/mol. The van der Waals surface area contributed by atoms with Gasteiger partial charge in [-0.25, -0.2) is 0 Å². The summed E-state index contributed by atoms with van der Waals surface area (Å²) in [6.45, 7) is 2.35. The zero-order chi connectivity index (χ0) is 21.7. The molecule has 3 aromatic rings. The van der Waals surface area contributed by atoms with Crippen LogP contribution in [0, 0.1) is 0 Å². The maximum absolute atomic E-state index is 13.2. The predicted molar refractivity (Wildman–Crippen MR) is 121 cm³/mol. The van der Waals surface area contributed by atoms with Gasteiger partial charge in [0.15, 0.2) is 11.5 Å². The molecule has 0 bridgehead atoms. The minimum Gasteiger partial charge on any atom is -0.492 e. The van der Waals surface area contributed by atoms with Crippen LogP contribution in [0.25, 0.3) is 10.8 Å². The molecule has 31 heavy (non-hydrogen) atoms. The van der Waals surface area contributed by atoms with E-state index in [9.17, 15) is 9.59 Å². The molecule has 1 aliphatic heterocycles. The van der Waals surface area contributed by atoms with Crippen molar-refractivity contribution in [3.63, 3.8) is 0 Å². The highest BCUT2D eigenvalue weighted by Crippen LogP contribution is 2.39. The van der Waals surface area contributed by atoms with E-state index in [2.05, 4.69) is 21.0 Å². The number of ether oxygens (including phenoxy) is 2. The fourth-order valence-corrected chi connectivity index (χ4v) is 4.98. The Morgan fingerprint density at radius 1 is 1.03 bits per heavy atom. The van der Waals surface area contributed by atoms with Crippen molar-refractivity contribution in [1.29, 1.82) is 0 Å². The van der Waals surface area contributed by atoms with Gasteiger partial charge in [0.05, 0.1) is 35.5 Å². The van der Waals surface area contributed by atoms with Gasteiger partial charge in [0.2, 0.25) is 0 Å². The normalized spacial score (nSPS) is 14.7. The van der Waals surface area contributed by atoms with Crippen molar-refractivity contribution < 1.29 is 19.1 Å². The van der Waals surface area contributed by atoms with Crippen molar-refractivity contribution in [2.24, 2.45) is 5.10 Å². The lowest BCUT2D eigenvalue weighted by Gasteiger charge is -2.23. The first-order valence-corrected chi connectivity index (χ1v) is 10.8. The highest BCUT2D eigenvalue weighted by Gasteiger charge is 2.35. The highest BCUT2D eigenvalue weighted by atomic mass is 79.9. The number of methoxy groups -OCH3 is 1. The Bertz CT molecular complexity index is 1240. The van der Waals surface area contributed by atoms with E-state index in [1.807, 2.05) is 31.2 Å². The lowest BCUT2D eigenvalue weighted by molar-refractivity contribution is 0.0616. The minimum absolute atomic E-state index is 0.415. The number of aryl methyl sites for hydroxylation is 2. The summed E-state index contributed by atoms with van der Waals surface area (Å²) in [4.78, 5) is 26.3. The Hall–Kier alpha value is -3.19. The van der Waals surface area contributed by atoms with Crippen molar-refractivity contribution in [3.8, 4) is 11.5 Å². The van der Waals surface area contributed by atoms with Crippen LogP contribution < -0.4 is 9.47 Å². The van der Waals surface area contributed by atoms with Gasteiger partial charge in [-0.1, -0.05) is 12.1 Å². The van der Waals surface area contributed by atoms with Gasteiger partial charge in [0.25, 0.3) is 11.8 Å². The quantitative estimate of drug-likeness (QED) is 0.392. The van der Waals surface area contributed by atoms with Gasteiger partial charge in [0, 0.05) is 5.39 Å². The Kier molecular flexibility index (Phi) is 4.78. The fourth-order valence-electron chi connectivity index (χ4n) is 4.36. The first kappa shape index (κ1) is 19.8. The Labute approximate surface area is 187 Å². The average molecular weight is 479 g/mol. The number of amides is 2. The van der Waals surface area contributed by atoms with Gasteiger partial charge in [0.1, 0.15) is 0 Å². The molecule has 0 saturated heterocycles. The van der Waals surface area contributed by atoms with Crippen molar-refractivity contribution in [2.45, 2.75) is 19.8 Å². The number of nitrogens with zero attached hydrogens (tertiary/aromatic N) is 2. The fraction of sp³-hybridized carbons (Fsp3) is 0.208. The molecule has 2 amide bonds. The number of benzene rings is 3. The molecule has 0 aromatic heterocycles. The topological polar surface area (TPSA) is 68.2 Å². The third-order valence-electron chi connectivity index (χ3n) is 5.70. The molecule has 0 unspecified atom stereocenters. The number of rotatable bonds is 5. The summed E-state index contributed by atoms with van der Waals surface area (Å²) in [5, 5.41) is 7.01. The second-order valence-electron chi connectivity index (χ2n) is 7.43. The van der Waals surface area contributed by atoms with Gasteiger partial charge in [-0.05, 0) is 82.0 Å². The zero-order valence-electron chi connectivity index (χ0n) is 17.1. The first-order valence-electron chi connectivity index (χ1n) is 10.0. The molecule has 0 radical (unpaired) electrons. The molecule has 1 aliphatic carbocycles. The second-order valence-corrected chi connectivity index (χ2v) is 8.28. The van der Waals surface area contributed by atoms with E-state index in [0.717, 1.165) is 28.6 Å². The number of hydrazone groups is 1. The third-order valence-corrected chi connectivity index (χ3v) is 6.29. The Morgan fingerprint density at radius 2 is 1.68 bits per heavy atom. The number of hydrogen-bond acceptors (Lipinski definition) is 5. The minimum atomic E-state index is -0.415. The number of halogens is 1. The number of hydrogen-bond donors (Lipinski definition) is 0. The van der Waals surface area contributed by atoms with Gasteiger partial charge in [-0.15, -0.1) is 0 Å². The molecular formula is C24H19BrN2O4. The Balaban J connectivity index is 1.55. The van der Waals surface area contributed by atoms with Crippen LogP contribution in [0.2, 0.25) is 0 Å². The van der Waals surface area contributed by atoms with Gasteiger partial charge < -0.3 is 9.47 Å². The standard InChI is InChI=1S/C24H19BrN2O4/c1-3-31-19-11-13(10-18(25)22(19)30-2)12-26-27-23(28)16-8-6-14-4-5-15-7-9-17(24(27)29)21(16)20(14)15/h6-12H,3-5H2,1-2H3. The van der Waals surface area contributed by atoms with E-state index in [1.54, 1.807) is 19.2 Å². The van der Waals surface area contributed by atoms with Crippen LogP contribution in [-0.2, 0) is 12.8 Å². The van der Waals surface area contributed by atoms with Gasteiger partial charge in [-0.2, -0.15) is 10.1 Å². The summed E-state index contributed by atoms with van der Waals surface area (Å²) in [5.41, 5.74) is 4.08. The van der Waals surface area contributed by atoms with Crippen molar-refractivity contribution in [2.75, 3.05) is 13.7 Å². The molecule has 3 aromatic carbocycles. The van der Waals surface area contributed by atoms with E-state index < -0.39 is 11.8 Å². The van der Waals surface area contributed by atoms with Crippen molar-refractivity contribution in [3.05, 3.63) is 68.7 Å². The van der Waals surface area contributed by atoms with Gasteiger partial charge >= 0.3 is 0 Å². The third kappa shape index (κ3) is 3.03. The van der Waals surface area contributed by atoms with E-state index in [0.29, 0.717) is 39.3 Å². The first-order chi connectivity index (χ1) is 15.0. The van der Waals surface area contributed by atoms with E-state index >= 15 is 0 Å². The van der Waals surface area contributed by atoms with Crippen molar-refractivity contribution in [1.82, 2.24) is 5.01 Å². The molecule has 0 atom stereocenters. The SMILES string of the molecule is CCOc1cc(C=NN2C(=O)c3ccc4c5c(ccc(c35)C2=O)CC4)cc(Br)c1OC. The molecule has 6 nitrogen and oxygen atoms in total. The highest BCUT2D eigenvalue weighted by molar-refractivity contribution is 9.10. The average Bonchev–Trinajstić information content (AvgIpc) is 3.18. The van der Waals surface area contributed by atoms with E-state index in [4.69, 9.17) is 9.47 Å². The van der Waals surface area contributed by atoms with Crippen LogP contribution in [0.15, 0.2) is 46.0 Å². The van der Waals surface area contributed by atoms with E-state index in [1.165, 1.54) is 17.3 Å². The summed E-state index contributed by atoms with van der Waals surface area (Å²) in [6, 6.07) is 11.1. The van der Waals surface area contributed by atoms with Crippen LogP contribution in [0.5, 0.6) is 11.5 Å². The predicted octanol–water partition coefficient (Wildman–Crippen LogP) is 4.74. The molecule has 0 fully saturated rings. The molecule has 0 spiro atoms. The summed E-state index contributed by atoms with van der Waals surface area (Å²) < 4.78 is 11.7. The molecule has 2 aliphatic rings. The van der Waals surface area contributed by atoms with Crippen LogP contribution in [0.3, 0.4) is 0 Å². The summed E-state index contributed by atoms with van der Waals surface area (Å²) >= 11 is 3.46. The Morgan fingerprint density at radius 3 is 2.26 bits per heavy atom. The summed E-state index contributed by atoms with van der Waals surface area (Å²) in [5.74, 6) is 0.288. The summed E-state index contributed by atoms with van der Waals surface area (Å²) in [6.07, 6.45) is 3.36. The maximum atomic E-state index is 13.2. The van der Waals surface area contributed by atoms with Crippen LogP contribution >= 0.6 is 15.9 Å². The molecule has 156 valence electrons. The molecule has 7 heteroatoms. The summed E-state index contributed by atoms with van der Waals surface area (Å²) in [7, 11) is 1.56. The van der Waals surface area contributed by atoms with Crippen LogP contribution in [-0.4, -0.2) is 36.8 Å². The maximum Gasteiger partial charge on any atom is 0.282 e. The largest absolute Gasteiger partial charge is 0.492 e. The molecule has 0 N–H and O–H groups in total. The molecule has 1 heterocycles. The second kappa shape index (κ2) is 7.50. The smallest absolute Gasteiger partial charge is 0.282 e. The molecular weight excluding hydrogens is 460 g/mol. The van der Waals surface area contributed by atoms with Crippen LogP contribution in [0.4, 0.5) is 0 Å². The van der Waals surface area contributed by atoms with Crippen molar-refractivity contribution >= 4 is 44.7 Å². The van der Waals surface area contributed by atoms with Crippen LogP contribution in [0.1, 0.15) is 44.3 Å². The molecule has 0 saturated carbocycles. The zero-order valence-corrected chi connectivity index (χ0v) is 18.7.